The summed E-state index contributed by atoms with van der Waals surface area (Å²) in [5.41, 5.74) is 0.895. The molecule has 0 saturated carbocycles. The third-order valence-electron chi connectivity index (χ3n) is 3.17. The van der Waals surface area contributed by atoms with E-state index in [1.54, 1.807) is 17.5 Å². The molecule has 0 amide bonds. The lowest BCUT2D eigenvalue weighted by atomic mass is 9.93. The molecule has 1 atom stereocenters. The van der Waals surface area contributed by atoms with E-state index in [0.29, 0.717) is 0 Å². The Hall–Kier alpha value is -1.71. The highest BCUT2D eigenvalue weighted by Crippen LogP contribution is 2.33. The van der Waals surface area contributed by atoms with Gasteiger partial charge >= 0.3 is 0 Å². The maximum Gasteiger partial charge on any atom is 0.121 e. The fourth-order valence-electron chi connectivity index (χ4n) is 2.08. The molecule has 0 bridgehead atoms. The van der Waals surface area contributed by atoms with Crippen LogP contribution in [-0.2, 0) is 5.60 Å². The molecule has 0 aliphatic rings. The van der Waals surface area contributed by atoms with Crippen LogP contribution in [-0.4, -0.2) is 10.1 Å². The number of pyridine rings is 1. The van der Waals surface area contributed by atoms with Crippen molar-refractivity contribution in [1.82, 2.24) is 4.98 Å². The average molecular weight is 255 g/mol. The highest BCUT2D eigenvalue weighted by Gasteiger charge is 2.26. The van der Waals surface area contributed by atoms with Gasteiger partial charge in [-0.1, -0.05) is 18.2 Å². The van der Waals surface area contributed by atoms with E-state index in [1.165, 1.54) is 0 Å². The molecule has 1 aromatic carbocycles. The van der Waals surface area contributed by atoms with E-state index in [2.05, 4.69) is 4.98 Å². The smallest absolute Gasteiger partial charge is 0.121 e. The van der Waals surface area contributed by atoms with E-state index < -0.39 is 5.60 Å². The van der Waals surface area contributed by atoms with Crippen molar-refractivity contribution in [2.75, 3.05) is 0 Å². The van der Waals surface area contributed by atoms with E-state index in [4.69, 9.17) is 0 Å². The number of benzene rings is 1. The number of aliphatic hydroxyl groups is 1. The zero-order chi connectivity index (χ0) is 12.6. The fraction of sp³-hybridized carbons (Fsp3) is 0.133. The molecule has 18 heavy (non-hydrogen) atoms. The Morgan fingerprint density at radius 3 is 2.83 bits per heavy atom. The van der Waals surface area contributed by atoms with Crippen molar-refractivity contribution in [1.29, 1.82) is 0 Å². The van der Waals surface area contributed by atoms with Gasteiger partial charge < -0.3 is 5.11 Å². The molecule has 2 nitrogen and oxygen atoms in total. The van der Waals surface area contributed by atoms with E-state index in [1.807, 2.05) is 54.8 Å². The number of hydrogen-bond acceptors (Lipinski definition) is 3. The largest absolute Gasteiger partial charge is 0.380 e. The van der Waals surface area contributed by atoms with Crippen molar-refractivity contribution in [3.8, 4) is 0 Å². The van der Waals surface area contributed by atoms with Gasteiger partial charge in [0.25, 0.3) is 0 Å². The van der Waals surface area contributed by atoms with Crippen LogP contribution in [0.2, 0.25) is 0 Å². The Morgan fingerprint density at radius 1 is 1.17 bits per heavy atom. The number of rotatable bonds is 2. The third-order valence-corrected chi connectivity index (χ3v) is 4.25. The van der Waals surface area contributed by atoms with Crippen LogP contribution < -0.4 is 0 Å². The van der Waals surface area contributed by atoms with Gasteiger partial charge in [-0.15, -0.1) is 11.3 Å². The van der Waals surface area contributed by atoms with E-state index in [0.717, 1.165) is 21.3 Å². The monoisotopic (exact) mass is 255 g/mol. The summed E-state index contributed by atoms with van der Waals surface area (Å²) in [5.74, 6) is 0. The SMILES string of the molecule is CC(O)(c1ccc2ncccc2c1)c1cccs1. The van der Waals surface area contributed by atoms with Crippen molar-refractivity contribution in [3.63, 3.8) is 0 Å². The molecule has 1 unspecified atom stereocenters. The van der Waals surface area contributed by atoms with Gasteiger partial charge in [-0.05, 0) is 42.1 Å². The number of fused-ring (bicyclic) bond motifs is 1. The molecule has 2 aromatic heterocycles. The van der Waals surface area contributed by atoms with Crippen molar-refractivity contribution in [2.24, 2.45) is 0 Å². The molecule has 0 fully saturated rings. The van der Waals surface area contributed by atoms with Gasteiger partial charge in [-0.25, -0.2) is 0 Å². The van der Waals surface area contributed by atoms with E-state index >= 15 is 0 Å². The molecule has 3 aromatic rings. The minimum absolute atomic E-state index is 0.894. The normalized spacial score (nSPS) is 14.6. The summed E-state index contributed by atoms with van der Waals surface area (Å²) in [7, 11) is 0. The summed E-state index contributed by atoms with van der Waals surface area (Å²) >= 11 is 1.56. The van der Waals surface area contributed by atoms with Crippen LogP contribution in [0.15, 0.2) is 54.0 Å². The molecule has 0 aliphatic carbocycles. The predicted octanol–water partition coefficient (Wildman–Crippen LogP) is 3.55. The van der Waals surface area contributed by atoms with Crippen LogP contribution in [0, 0.1) is 0 Å². The van der Waals surface area contributed by atoms with Gasteiger partial charge in [0.15, 0.2) is 0 Å². The second kappa shape index (κ2) is 4.19. The Labute approximate surface area is 110 Å². The second-order valence-electron chi connectivity index (χ2n) is 4.46. The lowest BCUT2D eigenvalue weighted by Crippen LogP contribution is -2.21. The first kappa shape index (κ1) is 11.4. The first-order valence-corrected chi connectivity index (χ1v) is 6.67. The first-order chi connectivity index (χ1) is 8.68. The Bertz CT molecular complexity index is 674. The summed E-state index contributed by atoms with van der Waals surface area (Å²) in [6, 6.07) is 13.7. The number of thiophene rings is 1. The van der Waals surface area contributed by atoms with Crippen LogP contribution in [0.1, 0.15) is 17.4 Å². The number of hydrogen-bond donors (Lipinski definition) is 1. The molecule has 0 spiro atoms. The highest BCUT2D eigenvalue weighted by atomic mass is 32.1. The minimum atomic E-state index is -0.946. The quantitative estimate of drug-likeness (QED) is 0.759. The van der Waals surface area contributed by atoms with Crippen molar-refractivity contribution in [3.05, 3.63) is 64.5 Å². The Morgan fingerprint density at radius 2 is 2.06 bits per heavy atom. The van der Waals surface area contributed by atoms with Gasteiger partial charge in [0.2, 0.25) is 0 Å². The molecule has 0 saturated heterocycles. The molecule has 90 valence electrons. The van der Waals surface area contributed by atoms with Gasteiger partial charge in [-0.3, -0.25) is 4.98 Å². The van der Waals surface area contributed by atoms with Gasteiger partial charge in [0, 0.05) is 16.5 Å². The molecule has 1 N–H and O–H groups in total. The summed E-state index contributed by atoms with van der Waals surface area (Å²) in [6.45, 7) is 1.83. The predicted molar refractivity (Wildman–Crippen MR) is 74.7 cm³/mol. The lowest BCUT2D eigenvalue weighted by molar-refractivity contribution is 0.106. The van der Waals surface area contributed by atoms with Gasteiger partial charge in [-0.2, -0.15) is 0 Å². The van der Waals surface area contributed by atoms with Crippen LogP contribution >= 0.6 is 11.3 Å². The van der Waals surface area contributed by atoms with Crippen molar-refractivity contribution in [2.45, 2.75) is 12.5 Å². The second-order valence-corrected chi connectivity index (χ2v) is 5.41. The third kappa shape index (κ3) is 1.82. The molecule has 3 heteroatoms. The standard InChI is InChI=1S/C15H13NOS/c1-15(17,14-5-3-9-18-14)12-6-7-13-11(10-12)4-2-8-16-13/h2-10,17H,1H3. The summed E-state index contributed by atoms with van der Waals surface area (Å²) < 4.78 is 0. The van der Waals surface area contributed by atoms with E-state index in [9.17, 15) is 5.11 Å². The molecule has 0 radical (unpaired) electrons. The topological polar surface area (TPSA) is 33.1 Å². The Balaban J connectivity index is 2.14. The lowest BCUT2D eigenvalue weighted by Gasteiger charge is -2.22. The summed E-state index contributed by atoms with van der Waals surface area (Å²) in [6.07, 6.45) is 1.78. The molecule has 0 aliphatic heterocycles. The summed E-state index contributed by atoms with van der Waals surface area (Å²) in [4.78, 5) is 5.24. The Kier molecular flexibility index (Phi) is 2.65. The maximum absolute atomic E-state index is 10.7. The van der Waals surface area contributed by atoms with Crippen LogP contribution in [0.3, 0.4) is 0 Å². The first-order valence-electron chi connectivity index (χ1n) is 5.79. The average Bonchev–Trinajstić information content (AvgIpc) is 2.92. The van der Waals surface area contributed by atoms with Crippen molar-refractivity contribution >= 4 is 22.2 Å². The number of aromatic nitrogens is 1. The van der Waals surface area contributed by atoms with Crippen LogP contribution in [0.4, 0.5) is 0 Å². The minimum Gasteiger partial charge on any atom is -0.380 e. The fourth-order valence-corrected chi connectivity index (χ4v) is 2.88. The van der Waals surface area contributed by atoms with Gasteiger partial charge in [0.05, 0.1) is 5.52 Å². The molecule has 2 heterocycles. The van der Waals surface area contributed by atoms with Crippen LogP contribution in [0.25, 0.3) is 10.9 Å². The molecule has 3 rings (SSSR count). The number of nitrogens with zero attached hydrogens (tertiary/aromatic N) is 1. The maximum atomic E-state index is 10.7. The zero-order valence-electron chi connectivity index (χ0n) is 10.00. The molecular weight excluding hydrogens is 242 g/mol. The zero-order valence-corrected chi connectivity index (χ0v) is 10.8. The highest BCUT2D eigenvalue weighted by molar-refractivity contribution is 7.10. The van der Waals surface area contributed by atoms with Gasteiger partial charge in [0.1, 0.15) is 5.60 Å². The summed E-state index contributed by atoms with van der Waals surface area (Å²) in [5, 5.41) is 13.7. The van der Waals surface area contributed by atoms with Crippen molar-refractivity contribution < 1.29 is 5.11 Å². The van der Waals surface area contributed by atoms with E-state index in [-0.39, 0.29) is 0 Å². The van der Waals surface area contributed by atoms with Crippen LogP contribution in [0.5, 0.6) is 0 Å². The molecular formula is C15H13NOS.